The third-order valence-corrected chi connectivity index (χ3v) is 3.79. The predicted octanol–water partition coefficient (Wildman–Crippen LogP) is 4.28. The van der Waals surface area contributed by atoms with Gasteiger partial charge in [-0.15, -0.1) is 0 Å². The van der Waals surface area contributed by atoms with E-state index in [1.807, 2.05) is 12.3 Å². The quantitative estimate of drug-likeness (QED) is 0.834. The van der Waals surface area contributed by atoms with Gasteiger partial charge in [-0.3, -0.25) is 5.32 Å². The van der Waals surface area contributed by atoms with Gasteiger partial charge in [0.05, 0.1) is 11.6 Å². The molecule has 0 fully saturated rings. The van der Waals surface area contributed by atoms with Crippen LogP contribution in [0.15, 0.2) is 23.1 Å². The second kappa shape index (κ2) is 6.93. The molecule has 1 N–H and O–H groups in total. The molecule has 0 aliphatic carbocycles. The number of halogens is 1. The Bertz CT molecular complexity index is 374. The first-order chi connectivity index (χ1) is 7.67. The third-order valence-electron chi connectivity index (χ3n) is 1.63. The van der Waals surface area contributed by atoms with E-state index in [0.717, 1.165) is 4.90 Å². The zero-order valence-corrected chi connectivity index (χ0v) is 11.3. The molecule has 0 bridgehead atoms. The van der Waals surface area contributed by atoms with Gasteiger partial charge in [0.25, 0.3) is 0 Å². The van der Waals surface area contributed by atoms with Crippen molar-refractivity contribution in [3.05, 3.63) is 23.2 Å². The van der Waals surface area contributed by atoms with Crippen molar-refractivity contribution in [2.45, 2.75) is 11.8 Å². The molecule has 0 atom stereocenters. The highest BCUT2D eigenvalue weighted by Gasteiger charge is 2.05. The minimum absolute atomic E-state index is 0.353. The summed E-state index contributed by atoms with van der Waals surface area (Å²) in [5, 5.41) is 3.30. The van der Waals surface area contributed by atoms with Crippen LogP contribution in [0.2, 0.25) is 5.02 Å². The van der Waals surface area contributed by atoms with E-state index in [1.54, 1.807) is 40.6 Å². The Kier molecular flexibility index (Phi) is 5.87. The number of rotatable bonds is 4. The molecule has 1 aromatic carbocycles. The molecule has 6 heteroatoms. The summed E-state index contributed by atoms with van der Waals surface area (Å²) < 4.78 is 4.78. The van der Waals surface area contributed by atoms with Crippen molar-refractivity contribution in [2.75, 3.05) is 18.2 Å². The van der Waals surface area contributed by atoms with Crippen molar-refractivity contribution in [3.63, 3.8) is 0 Å². The fourth-order valence-corrected chi connectivity index (χ4v) is 2.84. The smallest absolute Gasteiger partial charge is 0.411 e. The largest absolute Gasteiger partial charge is 0.450 e. The molecular weight excluding hydrogens is 266 g/mol. The van der Waals surface area contributed by atoms with Crippen molar-refractivity contribution in [1.82, 2.24) is 0 Å². The van der Waals surface area contributed by atoms with E-state index in [9.17, 15) is 4.79 Å². The lowest BCUT2D eigenvalue weighted by molar-refractivity contribution is 0.168. The van der Waals surface area contributed by atoms with Gasteiger partial charge >= 0.3 is 6.09 Å². The lowest BCUT2D eigenvalue weighted by atomic mass is 10.3. The Hall–Kier alpha value is -0.520. The summed E-state index contributed by atoms with van der Waals surface area (Å²) in [6, 6.07) is 5.31. The average Bonchev–Trinajstić information content (AvgIpc) is 2.24. The van der Waals surface area contributed by atoms with E-state index in [1.165, 1.54) is 0 Å². The highest BCUT2D eigenvalue weighted by molar-refractivity contribution is 8.76. The number of hydrogen-bond acceptors (Lipinski definition) is 4. The number of carbonyl (C=O) groups excluding carboxylic acids is 1. The molecule has 1 amide bonds. The van der Waals surface area contributed by atoms with Gasteiger partial charge in [0.2, 0.25) is 0 Å². The lowest BCUT2D eigenvalue weighted by Gasteiger charge is -2.07. The Balaban J connectivity index is 2.74. The highest BCUT2D eigenvalue weighted by Crippen LogP contribution is 2.35. The van der Waals surface area contributed by atoms with Crippen LogP contribution in [-0.4, -0.2) is 19.0 Å². The molecule has 0 spiro atoms. The van der Waals surface area contributed by atoms with Gasteiger partial charge < -0.3 is 4.74 Å². The number of anilines is 1. The Morgan fingerprint density at radius 1 is 1.56 bits per heavy atom. The standard InChI is InChI=1S/C10H12ClNO2S2/c1-3-14-10(13)12-7-4-5-8(11)9(6-7)16-15-2/h4-6H,3H2,1-2H3,(H,12,13). The number of carbonyl (C=O) groups is 1. The van der Waals surface area contributed by atoms with Crippen molar-refractivity contribution in [2.24, 2.45) is 0 Å². The van der Waals surface area contributed by atoms with E-state index in [0.29, 0.717) is 17.3 Å². The molecule has 0 radical (unpaired) electrons. The number of hydrogen-bond donors (Lipinski definition) is 1. The Morgan fingerprint density at radius 3 is 2.94 bits per heavy atom. The molecule has 1 rings (SSSR count). The molecule has 0 aromatic heterocycles. The summed E-state index contributed by atoms with van der Waals surface area (Å²) in [5.41, 5.74) is 0.680. The van der Waals surface area contributed by atoms with Crippen LogP contribution in [0.25, 0.3) is 0 Å². The predicted molar refractivity (Wildman–Crippen MR) is 71.5 cm³/mol. The Morgan fingerprint density at radius 2 is 2.31 bits per heavy atom. The van der Waals surface area contributed by atoms with Crippen LogP contribution in [0.3, 0.4) is 0 Å². The number of amides is 1. The van der Waals surface area contributed by atoms with Gasteiger partial charge in [-0.1, -0.05) is 33.2 Å². The molecular formula is C10H12ClNO2S2. The highest BCUT2D eigenvalue weighted by atomic mass is 35.5. The van der Waals surface area contributed by atoms with Gasteiger partial charge in [-0.05, 0) is 31.4 Å². The van der Waals surface area contributed by atoms with Crippen LogP contribution >= 0.6 is 33.2 Å². The van der Waals surface area contributed by atoms with Gasteiger partial charge in [-0.25, -0.2) is 4.79 Å². The van der Waals surface area contributed by atoms with Gasteiger partial charge in [0.1, 0.15) is 0 Å². The summed E-state index contributed by atoms with van der Waals surface area (Å²) >= 11 is 5.99. The normalized spacial score (nSPS) is 9.94. The molecule has 0 heterocycles. The maximum absolute atomic E-state index is 11.2. The van der Waals surface area contributed by atoms with Crippen molar-refractivity contribution < 1.29 is 9.53 Å². The lowest BCUT2D eigenvalue weighted by Crippen LogP contribution is -2.13. The number of benzene rings is 1. The van der Waals surface area contributed by atoms with E-state index in [-0.39, 0.29) is 0 Å². The summed E-state index contributed by atoms with van der Waals surface area (Å²) in [6.07, 6.45) is 1.51. The zero-order chi connectivity index (χ0) is 12.0. The molecule has 3 nitrogen and oxygen atoms in total. The van der Waals surface area contributed by atoms with Crippen LogP contribution in [0, 0.1) is 0 Å². The minimum Gasteiger partial charge on any atom is -0.450 e. The molecule has 0 unspecified atom stereocenters. The van der Waals surface area contributed by atoms with Crippen LogP contribution in [-0.2, 0) is 4.74 Å². The second-order valence-electron chi connectivity index (χ2n) is 2.74. The molecule has 0 saturated heterocycles. The summed E-state index contributed by atoms with van der Waals surface area (Å²) in [4.78, 5) is 12.1. The van der Waals surface area contributed by atoms with E-state index in [4.69, 9.17) is 16.3 Å². The fraction of sp³-hybridized carbons (Fsp3) is 0.300. The fourth-order valence-electron chi connectivity index (χ4n) is 1.02. The van der Waals surface area contributed by atoms with Gasteiger partial charge in [0, 0.05) is 10.6 Å². The second-order valence-corrected chi connectivity index (χ2v) is 5.59. The average molecular weight is 278 g/mol. The van der Waals surface area contributed by atoms with E-state index >= 15 is 0 Å². The monoisotopic (exact) mass is 277 g/mol. The van der Waals surface area contributed by atoms with Gasteiger partial charge in [-0.2, -0.15) is 0 Å². The maximum atomic E-state index is 11.2. The molecule has 0 aliphatic heterocycles. The molecule has 0 saturated carbocycles. The van der Waals surface area contributed by atoms with Crippen LogP contribution < -0.4 is 5.32 Å². The van der Waals surface area contributed by atoms with Gasteiger partial charge in [0.15, 0.2) is 0 Å². The van der Waals surface area contributed by atoms with Crippen molar-refractivity contribution in [1.29, 1.82) is 0 Å². The van der Waals surface area contributed by atoms with Crippen molar-refractivity contribution >= 4 is 45.0 Å². The molecule has 0 aliphatic rings. The Labute approximate surface area is 108 Å². The number of ether oxygens (including phenoxy) is 1. The number of nitrogens with one attached hydrogen (secondary N) is 1. The van der Waals surface area contributed by atoms with Crippen LogP contribution in [0.4, 0.5) is 10.5 Å². The van der Waals surface area contributed by atoms with Crippen LogP contribution in [0.1, 0.15) is 6.92 Å². The maximum Gasteiger partial charge on any atom is 0.411 e. The summed E-state index contributed by atoms with van der Waals surface area (Å²) in [5.74, 6) is 0. The third kappa shape index (κ3) is 4.15. The first-order valence-electron chi connectivity index (χ1n) is 4.61. The summed E-state index contributed by atoms with van der Waals surface area (Å²) in [7, 11) is 3.14. The molecule has 88 valence electrons. The van der Waals surface area contributed by atoms with E-state index < -0.39 is 6.09 Å². The summed E-state index contributed by atoms with van der Waals surface area (Å²) in [6.45, 7) is 2.11. The molecule has 16 heavy (non-hydrogen) atoms. The molecule has 1 aromatic rings. The van der Waals surface area contributed by atoms with Crippen molar-refractivity contribution in [3.8, 4) is 0 Å². The topological polar surface area (TPSA) is 38.3 Å². The van der Waals surface area contributed by atoms with Crippen LogP contribution in [0.5, 0.6) is 0 Å². The zero-order valence-electron chi connectivity index (χ0n) is 8.95. The first kappa shape index (κ1) is 13.5. The SMILES string of the molecule is CCOC(=O)Nc1ccc(Cl)c(SSC)c1. The first-order valence-corrected chi connectivity index (χ1v) is 7.55. The minimum atomic E-state index is -0.454. The van der Waals surface area contributed by atoms with E-state index in [2.05, 4.69) is 5.32 Å².